The summed E-state index contributed by atoms with van der Waals surface area (Å²) in [5.74, 6) is 0.937. The Kier molecular flexibility index (Phi) is 6.75. The molecule has 0 bridgehead atoms. The average Bonchev–Trinajstić information content (AvgIpc) is 3.08. The van der Waals surface area contributed by atoms with Gasteiger partial charge in [-0.1, -0.05) is 24.3 Å². The van der Waals surface area contributed by atoms with Gasteiger partial charge >= 0.3 is 0 Å². The van der Waals surface area contributed by atoms with Crippen LogP contribution in [-0.2, 0) is 16.0 Å². The third kappa shape index (κ3) is 5.50. The second kappa shape index (κ2) is 9.45. The highest BCUT2D eigenvalue weighted by molar-refractivity contribution is 5.98. The molecular formula is C23H28N2O4. The van der Waals surface area contributed by atoms with Crippen LogP contribution in [0, 0.1) is 5.92 Å². The van der Waals surface area contributed by atoms with Crippen molar-refractivity contribution >= 4 is 17.5 Å². The fourth-order valence-corrected chi connectivity index (χ4v) is 3.42. The van der Waals surface area contributed by atoms with Crippen LogP contribution in [0.1, 0.15) is 25.8 Å². The van der Waals surface area contributed by atoms with Crippen molar-refractivity contribution in [3.8, 4) is 11.5 Å². The van der Waals surface area contributed by atoms with Crippen molar-refractivity contribution in [2.45, 2.75) is 32.8 Å². The number of likely N-dealkylation sites (tertiary alicyclic amines) is 1. The van der Waals surface area contributed by atoms with E-state index in [0.29, 0.717) is 24.5 Å². The van der Waals surface area contributed by atoms with Gasteiger partial charge in [-0.2, -0.15) is 0 Å². The molecule has 1 aliphatic rings. The number of carbonyl (C=O) groups is 2. The molecule has 1 heterocycles. The van der Waals surface area contributed by atoms with Gasteiger partial charge in [0.2, 0.25) is 11.8 Å². The van der Waals surface area contributed by atoms with Crippen molar-refractivity contribution < 1.29 is 19.1 Å². The normalized spacial score (nSPS) is 16.2. The Morgan fingerprint density at radius 1 is 1.21 bits per heavy atom. The van der Waals surface area contributed by atoms with E-state index in [4.69, 9.17) is 9.47 Å². The van der Waals surface area contributed by atoms with Crippen LogP contribution in [0.4, 0.5) is 5.69 Å². The van der Waals surface area contributed by atoms with Gasteiger partial charge in [-0.25, -0.2) is 0 Å². The van der Waals surface area contributed by atoms with Gasteiger partial charge in [-0.15, -0.1) is 0 Å². The lowest BCUT2D eigenvalue weighted by Gasteiger charge is -2.18. The molecule has 2 aromatic rings. The predicted octanol–water partition coefficient (Wildman–Crippen LogP) is 3.51. The maximum Gasteiger partial charge on any atom is 0.229 e. The monoisotopic (exact) mass is 396 g/mol. The molecule has 0 spiro atoms. The zero-order valence-electron chi connectivity index (χ0n) is 17.2. The first-order chi connectivity index (χ1) is 14.0. The van der Waals surface area contributed by atoms with Crippen LogP contribution in [0.2, 0.25) is 0 Å². The van der Waals surface area contributed by atoms with Crippen LogP contribution in [0.25, 0.3) is 0 Å². The number of nitrogens with zero attached hydrogens (tertiary/aromatic N) is 1. The topological polar surface area (TPSA) is 67.9 Å². The lowest BCUT2D eigenvalue weighted by Crippen LogP contribution is -2.30. The number of methoxy groups -OCH3 is 1. The van der Waals surface area contributed by atoms with Crippen molar-refractivity contribution in [2.24, 2.45) is 5.92 Å². The zero-order chi connectivity index (χ0) is 20.8. The van der Waals surface area contributed by atoms with Crippen LogP contribution in [0.15, 0.2) is 48.5 Å². The van der Waals surface area contributed by atoms with E-state index < -0.39 is 0 Å². The second-order valence-electron chi connectivity index (χ2n) is 7.49. The summed E-state index contributed by atoms with van der Waals surface area (Å²) in [6, 6.07) is 15.2. The Hall–Kier alpha value is -3.02. The summed E-state index contributed by atoms with van der Waals surface area (Å²) in [5.41, 5.74) is 1.73. The molecule has 0 aromatic heterocycles. The molecule has 3 rings (SSSR count). The van der Waals surface area contributed by atoms with Crippen LogP contribution in [0.3, 0.4) is 0 Å². The average molecular weight is 396 g/mol. The molecule has 29 heavy (non-hydrogen) atoms. The number of hydrogen-bond acceptors (Lipinski definition) is 4. The number of ether oxygens (including phenoxy) is 2. The highest BCUT2D eigenvalue weighted by Gasteiger charge is 2.34. The van der Waals surface area contributed by atoms with Crippen LogP contribution in [0.5, 0.6) is 11.5 Å². The Morgan fingerprint density at radius 2 is 2.00 bits per heavy atom. The molecule has 1 fully saturated rings. The van der Waals surface area contributed by atoms with E-state index >= 15 is 0 Å². The van der Waals surface area contributed by atoms with Gasteiger partial charge < -0.3 is 19.7 Å². The zero-order valence-corrected chi connectivity index (χ0v) is 17.2. The fraction of sp³-hybridized carbons (Fsp3) is 0.391. The Bertz CT molecular complexity index is 865. The number of benzene rings is 2. The number of para-hydroxylation sites is 2. The van der Waals surface area contributed by atoms with E-state index in [2.05, 4.69) is 5.32 Å². The van der Waals surface area contributed by atoms with Gasteiger partial charge in [0.05, 0.1) is 24.8 Å². The van der Waals surface area contributed by atoms with Crippen LogP contribution < -0.4 is 14.8 Å². The second-order valence-corrected chi connectivity index (χ2v) is 7.49. The van der Waals surface area contributed by atoms with E-state index in [1.165, 1.54) is 0 Å². The SMILES string of the molecule is COc1cccc(CCN2CC(C(=O)Nc3ccccc3OC(C)C)CC2=O)c1. The minimum absolute atomic E-state index is 0.00760. The molecule has 0 radical (unpaired) electrons. The largest absolute Gasteiger partial charge is 0.497 e. The van der Waals surface area contributed by atoms with Crippen molar-refractivity contribution in [2.75, 3.05) is 25.5 Å². The van der Waals surface area contributed by atoms with E-state index in [1.54, 1.807) is 12.0 Å². The summed E-state index contributed by atoms with van der Waals surface area (Å²) in [4.78, 5) is 26.9. The van der Waals surface area contributed by atoms with Crippen molar-refractivity contribution in [3.05, 3.63) is 54.1 Å². The van der Waals surface area contributed by atoms with Crippen molar-refractivity contribution in [1.82, 2.24) is 4.90 Å². The standard InChI is InChI=1S/C23H28N2O4/c1-16(2)29-21-10-5-4-9-20(21)24-23(27)18-14-22(26)25(15-18)12-11-17-7-6-8-19(13-17)28-3/h4-10,13,16,18H,11-12,14-15H2,1-3H3,(H,24,27). The number of anilines is 1. The first kappa shape index (κ1) is 20.7. The van der Waals surface area contributed by atoms with Gasteiger partial charge in [0.25, 0.3) is 0 Å². The Morgan fingerprint density at radius 3 is 2.76 bits per heavy atom. The van der Waals surface area contributed by atoms with Crippen molar-refractivity contribution in [3.63, 3.8) is 0 Å². The van der Waals surface area contributed by atoms with E-state index in [9.17, 15) is 9.59 Å². The molecule has 6 heteroatoms. The highest BCUT2D eigenvalue weighted by atomic mass is 16.5. The molecule has 1 aliphatic heterocycles. The first-order valence-electron chi connectivity index (χ1n) is 9.93. The van der Waals surface area contributed by atoms with Crippen LogP contribution in [-0.4, -0.2) is 43.0 Å². The molecule has 1 atom stereocenters. The molecule has 0 aliphatic carbocycles. The molecule has 1 saturated heterocycles. The third-order valence-corrected chi connectivity index (χ3v) is 4.90. The Balaban J connectivity index is 1.57. The van der Waals surface area contributed by atoms with E-state index in [1.807, 2.05) is 62.4 Å². The van der Waals surface area contributed by atoms with Gasteiger partial charge in [0.1, 0.15) is 11.5 Å². The van der Waals surface area contributed by atoms with E-state index in [-0.39, 0.29) is 30.3 Å². The minimum atomic E-state index is -0.361. The maximum absolute atomic E-state index is 12.7. The maximum atomic E-state index is 12.7. The fourth-order valence-electron chi connectivity index (χ4n) is 3.42. The molecule has 0 saturated carbocycles. The number of carbonyl (C=O) groups excluding carboxylic acids is 2. The lowest BCUT2D eigenvalue weighted by atomic mass is 10.1. The number of amides is 2. The number of nitrogens with one attached hydrogen (secondary N) is 1. The van der Waals surface area contributed by atoms with Gasteiger partial charge in [0.15, 0.2) is 0 Å². The molecule has 2 aromatic carbocycles. The number of rotatable bonds is 8. The quantitative estimate of drug-likeness (QED) is 0.741. The molecule has 154 valence electrons. The van der Waals surface area contributed by atoms with Gasteiger partial charge in [-0.3, -0.25) is 9.59 Å². The summed E-state index contributed by atoms with van der Waals surface area (Å²) < 4.78 is 11.0. The summed E-state index contributed by atoms with van der Waals surface area (Å²) in [6.07, 6.45) is 0.965. The Labute approximate surface area is 171 Å². The number of hydrogen-bond donors (Lipinski definition) is 1. The summed E-state index contributed by atoms with van der Waals surface area (Å²) in [7, 11) is 1.64. The first-order valence-corrected chi connectivity index (χ1v) is 9.93. The highest BCUT2D eigenvalue weighted by Crippen LogP contribution is 2.27. The molecular weight excluding hydrogens is 368 g/mol. The van der Waals surface area contributed by atoms with Crippen LogP contribution >= 0.6 is 0 Å². The summed E-state index contributed by atoms with van der Waals surface area (Å²) in [5, 5.41) is 2.93. The third-order valence-electron chi connectivity index (χ3n) is 4.90. The predicted molar refractivity (Wildman–Crippen MR) is 112 cm³/mol. The lowest BCUT2D eigenvalue weighted by molar-refractivity contribution is -0.128. The molecule has 1 unspecified atom stereocenters. The smallest absolute Gasteiger partial charge is 0.229 e. The van der Waals surface area contributed by atoms with E-state index in [0.717, 1.165) is 17.7 Å². The molecule has 1 N–H and O–H groups in total. The minimum Gasteiger partial charge on any atom is -0.497 e. The summed E-state index contributed by atoms with van der Waals surface area (Å²) >= 11 is 0. The molecule has 6 nitrogen and oxygen atoms in total. The van der Waals surface area contributed by atoms with Gasteiger partial charge in [-0.05, 0) is 50.1 Å². The van der Waals surface area contributed by atoms with Gasteiger partial charge in [0, 0.05) is 19.5 Å². The summed E-state index contributed by atoms with van der Waals surface area (Å²) in [6.45, 7) is 4.90. The molecule has 2 amide bonds. The van der Waals surface area contributed by atoms with Crippen molar-refractivity contribution in [1.29, 1.82) is 0 Å².